The van der Waals surface area contributed by atoms with Crippen molar-refractivity contribution in [3.8, 4) is 5.75 Å². The number of halogens is 5. The van der Waals surface area contributed by atoms with Crippen LogP contribution in [0.5, 0.6) is 5.75 Å². The zero-order valence-electron chi connectivity index (χ0n) is 9.74. The first kappa shape index (κ1) is 15.6. The van der Waals surface area contributed by atoms with E-state index in [1.807, 2.05) is 0 Å². The lowest BCUT2D eigenvalue weighted by molar-refractivity contribution is -0.157. The summed E-state index contributed by atoms with van der Waals surface area (Å²) in [6.07, 6.45) is -4.42. The van der Waals surface area contributed by atoms with Crippen LogP contribution in [-0.4, -0.2) is 19.8 Å². The van der Waals surface area contributed by atoms with Crippen LogP contribution in [0, 0.1) is 0 Å². The summed E-state index contributed by atoms with van der Waals surface area (Å²) < 4.78 is 44.4. The Morgan fingerprint density at radius 3 is 2.50 bits per heavy atom. The van der Waals surface area contributed by atoms with E-state index in [-0.39, 0.29) is 22.9 Å². The maximum absolute atomic E-state index is 13.0. The topological polar surface area (TPSA) is 21.3 Å². The average molecular weight is 347 g/mol. The van der Waals surface area contributed by atoms with Crippen molar-refractivity contribution in [3.63, 3.8) is 0 Å². The van der Waals surface area contributed by atoms with E-state index in [2.05, 4.69) is 21.2 Å². The molecule has 7 heteroatoms. The number of ether oxygens (including phenoxy) is 1. The van der Waals surface area contributed by atoms with Gasteiger partial charge in [0, 0.05) is 10.6 Å². The molecule has 0 saturated carbocycles. The Hall–Kier alpha value is -0.460. The Morgan fingerprint density at radius 1 is 1.44 bits per heavy atom. The Bertz CT molecular complexity index is 425. The van der Waals surface area contributed by atoms with Crippen LogP contribution in [0.3, 0.4) is 0 Å². The van der Waals surface area contributed by atoms with Crippen LogP contribution in [0.2, 0.25) is 5.02 Å². The third-order valence-electron chi connectivity index (χ3n) is 2.29. The normalized spacial score (nSPS) is 13.5. The molecule has 0 fully saturated rings. The number of rotatable bonds is 4. The summed E-state index contributed by atoms with van der Waals surface area (Å²) >= 11 is 8.93. The summed E-state index contributed by atoms with van der Waals surface area (Å²) in [6, 6.07) is 0.933. The van der Waals surface area contributed by atoms with Crippen molar-refractivity contribution in [2.75, 3.05) is 13.7 Å². The molecule has 0 bridgehead atoms. The first-order valence-electron chi connectivity index (χ1n) is 5.14. The van der Waals surface area contributed by atoms with Gasteiger partial charge in [-0.05, 0) is 34.6 Å². The molecule has 102 valence electrons. The molecule has 1 aromatic carbocycles. The van der Waals surface area contributed by atoms with Crippen LogP contribution in [0.4, 0.5) is 13.2 Å². The number of nitrogens with one attached hydrogen (secondary N) is 1. The minimum Gasteiger partial charge on any atom is -0.495 e. The van der Waals surface area contributed by atoms with Gasteiger partial charge in [-0.2, -0.15) is 13.2 Å². The van der Waals surface area contributed by atoms with Gasteiger partial charge in [-0.1, -0.05) is 18.5 Å². The monoisotopic (exact) mass is 345 g/mol. The Labute approximate surface area is 117 Å². The molecule has 18 heavy (non-hydrogen) atoms. The molecule has 1 rings (SSSR count). The zero-order valence-corrected chi connectivity index (χ0v) is 12.1. The summed E-state index contributed by atoms with van der Waals surface area (Å²) in [5, 5.41) is 2.60. The molecule has 0 aliphatic heterocycles. The summed E-state index contributed by atoms with van der Waals surface area (Å²) in [6.45, 7) is 1.78. The SMILES string of the molecule is CCNC(c1cc(Cl)cc(Br)c1OC)C(F)(F)F. The van der Waals surface area contributed by atoms with Crippen LogP contribution in [0.1, 0.15) is 18.5 Å². The van der Waals surface area contributed by atoms with Gasteiger partial charge >= 0.3 is 6.18 Å². The molecule has 0 aliphatic carbocycles. The lowest BCUT2D eigenvalue weighted by Crippen LogP contribution is -2.34. The van der Waals surface area contributed by atoms with Crippen molar-refractivity contribution in [1.29, 1.82) is 0 Å². The van der Waals surface area contributed by atoms with E-state index in [4.69, 9.17) is 16.3 Å². The van der Waals surface area contributed by atoms with E-state index >= 15 is 0 Å². The van der Waals surface area contributed by atoms with E-state index in [1.165, 1.54) is 19.2 Å². The molecular weight excluding hydrogens is 334 g/mol. The Morgan fingerprint density at radius 2 is 2.06 bits per heavy atom. The highest BCUT2D eigenvalue weighted by molar-refractivity contribution is 9.10. The first-order valence-corrected chi connectivity index (χ1v) is 6.31. The first-order chi connectivity index (χ1) is 8.31. The van der Waals surface area contributed by atoms with Gasteiger partial charge in [0.2, 0.25) is 0 Å². The van der Waals surface area contributed by atoms with Gasteiger partial charge in [-0.15, -0.1) is 0 Å². The molecule has 1 unspecified atom stereocenters. The van der Waals surface area contributed by atoms with Crippen molar-refractivity contribution >= 4 is 27.5 Å². The van der Waals surface area contributed by atoms with Crippen LogP contribution >= 0.6 is 27.5 Å². The van der Waals surface area contributed by atoms with Gasteiger partial charge in [0.05, 0.1) is 11.6 Å². The fourth-order valence-electron chi connectivity index (χ4n) is 1.62. The number of benzene rings is 1. The maximum atomic E-state index is 13.0. The Balaban J connectivity index is 3.35. The van der Waals surface area contributed by atoms with Crippen LogP contribution in [0.25, 0.3) is 0 Å². The van der Waals surface area contributed by atoms with Gasteiger partial charge in [0.1, 0.15) is 11.8 Å². The molecule has 0 radical (unpaired) electrons. The van der Waals surface area contributed by atoms with Crippen molar-refractivity contribution in [2.24, 2.45) is 0 Å². The Kier molecular flexibility index (Phi) is 5.31. The molecule has 0 aliphatic rings. The van der Waals surface area contributed by atoms with E-state index in [1.54, 1.807) is 6.92 Å². The number of hydrogen-bond acceptors (Lipinski definition) is 2. The van der Waals surface area contributed by atoms with Gasteiger partial charge < -0.3 is 10.1 Å². The van der Waals surface area contributed by atoms with E-state index in [0.29, 0.717) is 4.47 Å². The van der Waals surface area contributed by atoms with Crippen molar-refractivity contribution in [3.05, 3.63) is 27.2 Å². The van der Waals surface area contributed by atoms with E-state index < -0.39 is 12.2 Å². The lowest BCUT2D eigenvalue weighted by atomic mass is 10.1. The van der Waals surface area contributed by atoms with Crippen molar-refractivity contribution in [2.45, 2.75) is 19.1 Å². The molecule has 0 amide bonds. The fourth-order valence-corrected chi connectivity index (χ4v) is 2.61. The van der Waals surface area contributed by atoms with Gasteiger partial charge in [0.25, 0.3) is 0 Å². The molecule has 2 nitrogen and oxygen atoms in total. The zero-order chi connectivity index (χ0) is 13.9. The minimum atomic E-state index is -4.42. The molecule has 1 atom stereocenters. The molecule has 1 aromatic rings. The van der Waals surface area contributed by atoms with E-state index in [0.717, 1.165) is 0 Å². The summed E-state index contributed by atoms with van der Waals surface area (Å²) in [5.74, 6) is 0.127. The number of methoxy groups -OCH3 is 1. The third-order valence-corrected chi connectivity index (χ3v) is 3.10. The summed E-state index contributed by atoms with van der Waals surface area (Å²) in [5.41, 5.74) is -0.0359. The molecule has 0 spiro atoms. The van der Waals surface area contributed by atoms with Gasteiger partial charge in [-0.25, -0.2) is 0 Å². The van der Waals surface area contributed by atoms with Crippen molar-refractivity contribution < 1.29 is 17.9 Å². The molecule has 0 saturated heterocycles. The summed E-state index contributed by atoms with van der Waals surface area (Å²) in [4.78, 5) is 0. The molecular formula is C11H12BrClF3NO. The highest BCUT2D eigenvalue weighted by Gasteiger charge is 2.42. The highest BCUT2D eigenvalue weighted by atomic mass is 79.9. The predicted molar refractivity (Wildman–Crippen MR) is 68.2 cm³/mol. The fraction of sp³-hybridized carbons (Fsp3) is 0.455. The molecule has 1 N–H and O–H groups in total. The lowest BCUT2D eigenvalue weighted by Gasteiger charge is -2.24. The summed E-state index contributed by atoms with van der Waals surface area (Å²) in [7, 11) is 1.32. The van der Waals surface area contributed by atoms with Gasteiger partial charge in [0.15, 0.2) is 0 Å². The maximum Gasteiger partial charge on any atom is 0.408 e. The van der Waals surface area contributed by atoms with Crippen LogP contribution in [0.15, 0.2) is 16.6 Å². The largest absolute Gasteiger partial charge is 0.495 e. The third kappa shape index (κ3) is 3.52. The smallest absolute Gasteiger partial charge is 0.408 e. The quantitative estimate of drug-likeness (QED) is 0.876. The minimum absolute atomic E-state index is 0.0359. The standard InChI is InChI=1S/C11H12BrClF3NO/c1-3-17-10(11(14,15)16)7-4-6(13)5-8(12)9(7)18-2/h4-5,10,17H,3H2,1-2H3. The average Bonchev–Trinajstić information content (AvgIpc) is 2.23. The second kappa shape index (κ2) is 6.12. The molecule has 0 heterocycles. The second-order valence-electron chi connectivity index (χ2n) is 3.54. The van der Waals surface area contributed by atoms with E-state index in [9.17, 15) is 13.2 Å². The number of hydrogen-bond donors (Lipinski definition) is 1. The van der Waals surface area contributed by atoms with Crippen molar-refractivity contribution in [1.82, 2.24) is 5.32 Å². The van der Waals surface area contributed by atoms with Crippen LogP contribution in [-0.2, 0) is 0 Å². The predicted octanol–water partition coefficient (Wildman–Crippen LogP) is 4.32. The highest BCUT2D eigenvalue weighted by Crippen LogP contribution is 2.42. The number of alkyl halides is 3. The molecule has 0 aromatic heterocycles. The van der Waals surface area contributed by atoms with Gasteiger partial charge in [-0.3, -0.25) is 0 Å². The van der Waals surface area contributed by atoms with Crippen LogP contribution < -0.4 is 10.1 Å². The second-order valence-corrected chi connectivity index (χ2v) is 4.83.